The van der Waals surface area contributed by atoms with E-state index < -0.39 is 0 Å². The third kappa shape index (κ3) is 1.08. The Balaban J connectivity index is 2.57. The number of benzene rings is 1. The van der Waals surface area contributed by atoms with Crippen molar-refractivity contribution in [1.29, 1.82) is 0 Å². The summed E-state index contributed by atoms with van der Waals surface area (Å²) in [6, 6.07) is 6.60. The third-order valence-corrected chi connectivity index (χ3v) is 2.68. The SMILES string of the molecule is Cc1cccc2c1CC=CC2C. The summed E-state index contributed by atoms with van der Waals surface area (Å²) in [6.07, 6.45) is 5.69. The summed E-state index contributed by atoms with van der Waals surface area (Å²) in [5.74, 6) is 0.605. The quantitative estimate of drug-likeness (QED) is 0.508. The van der Waals surface area contributed by atoms with E-state index >= 15 is 0 Å². The van der Waals surface area contributed by atoms with Gasteiger partial charge in [-0.2, -0.15) is 0 Å². The van der Waals surface area contributed by atoms with E-state index in [1.807, 2.05) is 0 Å². The van der Waals surface area contributed by atoms with Crippen LogP contribution in [-0.2, 0) is 6.42 Å². The molecule has 0 nitrogen and oxygen atoms in total. The second kappa shape index (κ2) is 2.78. The van der Waals surface area contributed by atoms with Crippen LogP contribution < -0.4 is 0 Å². The molecule has 0 saturated heterocycles. The van der Waals surface area contributed by atoms with Crippen molar-refractivity contribution in [1.82, 2.24) is 0 Å². The van der Waals surface area contributed by atoms with Gasteiger partial charge in [0, 0.05) is 0 Å². The summed E-state index contributed by atoms with van der Waals surface area (Å²) in [7, 11) is 0. The molecule has 0 aliphatic heterocycles. The van der Waals surface area contributed by atoms with Crippen molar-refractivity contribution in [2.24, 2.45) is 0 Å². The zero-order valence-corrected chi connectivity index (χ0v) is 7.67. The maximum absolute atomic E-state index is 2.29. The van der Waals surface area contributed by atoms with Gasteiger partial charge >= 0.3 is 0 Å². The van der Waals surface area contributed by atoms with Gasteiger partial charge in [-0.15, -0.1) is 0 Å². The average molecular weight is 158 g/mol. The topological polar surface area (TPSA) is 0 Å². The lowest BCUT2D eigenvalue weighted by molar-refractivity contribution is 0.901. The summed E-state index contributed by atoms with van der Waals surface area (Å²) in [6.45, 7) is 4.46. The molecular formula is C12H14. The van der Waals surface area contributed by atoms with Crippen molar-refractivity contribution in [3.8, 4) is 0 Å². The van der Waals surface area contributed by atoms with Gasteiger partial charge in [-0.3, -0.25) is 0 Å². The molecule has 0 heterocycles. The van der Waals surface area contributed by atoms with Crippen molar-refractivity contribution in [3.05, 3.63) is 47.0 Å². The Bertz CT molecular complexity index is 321. The molecule has 0 aromatic heterocycles. The van der Waals surface area contributed by atoms with Crippen LogP contribution in [0.3, 0.4) is 0 Å². The average Bonchev–Trinajstić information content (AvgIpc) is 2.07. The lowest BCUT2D eigenvalue weighted by Crippen LogP contribution is -2.03. The van der Waals surface area contributed by atoms with Crippen LogP contribution in [0.4, 0.5) is 0 Å². The van der Waals surface area contributed by atoms with Gasteiger partial charge in [0.2, 0.25) is 0 Å². The Morgan fingerprint density at radius 3 is 2.92 bits per heavy atom. The molecule has 0 bridgehead atoms. The Labute approximate surface area is 73.9 Å². The molecule has 1 atom stereocenters. The highest BCUT2D eigenvalue weighted by atomic mass is 14.2. The molecule has 0 N–H and O–H groups in total. The van der Waals surface area contributed by atoms with Gasteiger partial charge < -0.3 is 0 Å². The lowest BCUT2D eigenvalue weighted by Gasteiger charge is -2.18. The summed E-state index contributed by atoms with van der Waals surface area (Å²) >= 11 is 0. The van der Waals surface area contributed by atoms with E-state index in [1.54, 1.807) is 0 Å². The lowest BCUT2D eigenvalue weighted by atomic mass is 9.87. The summed E-state index contributed by atoms with van der Waals surface area (Å²) in [5.41, 5.74) is 4.48. The van der Waals surface area contributed by atoms with Crippen LogP contribution in [0.5, 0.6) is 0 Å². The first kappa shape index (κ1) is 7.60. The Kier molecular flexibility index (Phi) is 1.76. The minimum absolute atomic E-state index is 0.605. The smallest absolute Gasteiger partial charge is 0.000738 e. The largest absolute Gasteiger partial charge is 0.0835 e. The number of fused-ring (bicyclic) bond motifs is 1. The molecule has 0 radical (unpaired) electrons. The Morgan fingerprint density at radius 1 is 1.33 bits per heavy atom. The minimum Gasteiger partial charge on any atom is -0.0835 e. The highest BCUT2D eigenvalue weighted by Crippen LogP contribution is 2.28. The zero-order valence-electron chi connectivity index (χ0n) is 7.67. The van der Waals surface area contributed by atoms with Crippen LogP contribution in [0.25, 0.3) is 0 Å². The van der Waals surface area contributed by atoms with Crippen molar-refractivity contribution in [2.45, 2.75) is 26.2 Å². The van der Waals surface area contributed by atoms with Gasteiger partial charge in [0.1, 0.15) is 0 Å². The molecular weight excluding hydrogens is 144 g/mol. The first-order chi connectivity index (χ1) is 5.79. The normalized spacial score (nSPS) is 20.7. The van der Waals surface area contributed by atoms with E-state index in [0.29, 0.717) is 5.92 Å². The first-order valence-corrected chi connectivity index (χ1v) is 4.54. The van der Waals surface area contributed by atoms with E-state index in [9.17, 15) is 0 Å². The number of aryl methyl sites for hydroxylation is 1. The molecule has 1 aromatic rings. The number of hydrogen-bond donors (Lipinski definition) is 0. The second-order valence-electron chi connectivity index (χ2n) is 3.56. The standard InChI is InChI=1S/C12H14/c1-9-5-3-8-12-10(2)6-4-7-11(9)12/h3-7,9H,8H2,1-2H3. The van der Waals surface area contributed by atoms with Crippen LogP contribution in [0, 0.1) is 6.92 Å². The third-order valence-electron chi connectivity index (χ3n) is 2.68. The Morgan fingerprint density at radius 2 is 2.17 bits per heavy atom. The van der Waals surface area contributed by atoms with Crippen molar-refractivity contribution < 1.29 is 0 Å². The number of allylic oxidation sites excluding steroid dienone is 2. The summed E-state index contributed by atoms with van der Waals surface area (Å²) in [4.78, 5) is 0. The van der Waals surface area contributed by atoms with E-state index in [-0.39, 0.29) is 0 Å². The fraction of sp³-hybridized carbons (Fsp3) is 0.333. The molecule has 0 saturated carbocycles. The molecule has 12 heavy (non-hydrogen) atoms. The molecule has 0 fully saturated rings. The summed E-state index contributed by atoms with van der Waals surface area (Å²) < 4.78 is 0. The number of rotatable bonds is 0. The van der Waals surface area contributed by atoms with Gasteiger partial charge in [0.15, 0.2) is 0 Å². The van der Waals surface area contributed by atoms with Crippen LogP contribution in [0.1, 0.15) is 29.5 Å². The number of hydrogen-bond acceptors (Lipinski definition) is 0. The zero-order chi connectivity index (χ0) is 8.55. The Hall–Kier alpha value is -1.04. The molecule has 2 rings (SSSR count). The predicted octanol–water partition coefficient (Wildman–Crippen LogP) is 3.21. The van der Waals surface area contributed by atoms with Crippen molar-refractivity contribution in [3.63, 3.8) is 0 Å². The van der Waals surface area contributed by atoms with Crippen molar-refractivity contribution >= 4 is 0 Å². The highest BCUT2D eigenvalue weighted by molar-refractivity contribution is 5.42. The van der Waals surface area contributed by atoms with Gasteiger partial charge in [-0.25, -0.2) is 0 Å². The molecule has 0 amide bonds. The maximum atomic E-state index is 2.29. The van der Waals surface area contributed by atoms with E-state index in [2.05, 4.69) is 44.2 Å². The highest BCUT2D eigenvalue weighted by Gasteiger charge is 2.12. The molecule has 1 aromatic carbocycles. The molecule has 0 spiro atoms. The fourth-order valence-corrected chi connectivity index (χ4v) is 1.92. The van der Waals surface area contributed by atoms with Crippen LogP contribution in [0.15, 0.2) is 30.4 Å². The van der Waals surface area contributed by atoms with Gasteiger partial charge in [0.05, 0.1) is 0 Å². The van der Waals surface area contributed by atoms with E-state index in [4.69, 9.17) is 0 Å². The summed E-state index contributed by atoms with van der Waals surface area (Å²) in [5, 5.41) is 0. The molecule has 62 valence electrons. The maximum Gasteiger partial charge on any atom is -0.000738 e. The van der Waals surface area contributed by atoms with Gasteiger partial charge in [0.25, 0.3) is 0 Å². The predicted molar refractivity (Wildman–Crippen MR) is 52.4 cm³/mol. The van der Waals surface area contributed by atoms with Gasteiger partial charge in [-0.1, -0.05) is 37.3 Å². The van der Waals surface area contributed by atoms with Crippen LogP contribution in [-0.4, -0.2) is 0 Å². The fourth-order valence-electron chi connectivity index (χ4n) is 1.92. The van der Waals surface area contributed by atoms with Crippen LogP contribution >= 0.6 is 0 Å². The molecule has 1 aliphatic carbocycles. The monoisotopic (exact) mass is 158 g/mol. The minimum atomic E-state index is 0.605. The second-order valence-corrected chi connectivity index (χ2v) is 3.56. The molecule has 1 unspecified atom stereocenters. The molecule has 1 aliphatic rings. The van der Waals surface area contributed by atoms with E-state index in [1.165, 1.54) is 16.7 Å². The van der Waals surface area contributed by atoms with Gasteiger partial charge in [-0.05, 0) is 36.0 Å². The van der Waals surface area contributed by atoms with Crippen molar-refractivity contribution in [2.75, 3.05) is 0 Å². The van der Waals surface area contributed by atoms with E-state index in [0.717, 1.165) is 6.42 Å². The first-order valence-electron chi connectivity index (χ1n) is 4.54. The molecule has 0 heteroatoms. The van der Waals surface area contributed by atoms with Crippen LogP contribution in [0.2, 0.25) is 0 Å².